The third-order valence-corrected chi connectivity index (χ3v) is 3.80. The van der Waals surface area contributed by atoms with Gasteiger partial charge >= 0.3 is 0 Å². The van der Waals surface area contributed by atoms with Crippen LogP contribution in [0.5, 0.6) is 0 Å². The Balaban J connectivity index is 2.18. The summed E-state index contributed by atoms with van der Waals surface area (Å²) in [7, 11) is 2.03. The molecular weight excluding hydrogens is 228 g/mol. The fourth-order valence-corrected chi connectivity index (χ4v) is 2.92. The zero-order valence-electron chi connectivity index (χ0n) is 9.84. The predicted molar refractivity (Wildman–Crippen MR) is 71.0 cm³/mol. The maximum Gasteiger partial charge on any atom is 0.178 e. The molecule has 0 spiro atoms. The molecule has 0 aliphatic heterocycles. The van der Waals surface area contributed by atoms with Gasteiger partial charge < -0.3 is 0 Å². The highest BCUT2D eigenvalue weighted by molar-refractivity contribution is 7.21. The monoisotopic (exact) mass is 241 g/mol. The maximum atomic E-state index is 4.67. The Morgan fingerprint density at radius 3 is 2.94 bits per heavy atom. The number of benzene rings is 1. The number of aromatic nitrogens is 2. The Hall–Kier alpha value is -1.74. The summed E-state index contributed by atoms with van der Waals surface area (Å²) in [5, 5.41) is 1.09. The molecule has 0 radical (unpaired) electrons. The highest BCUT2D eigenvalue weighted by atomic mass is 32.1. The van der Waals surface area contributed by atoms with E-state index in [1.165, 1.54) is 15.8 Å². The lowest BCUT2D eigenvalue weighted by atomic mass is 10.2. The van der Waals surface area contributed by atoms with E-state index in [2.05, 4.69) is 42.4 Å². The third-order valence-electron chi connectivity index (χ3n) is 2.73. The van der Waals surface area contributed by atoms with E-state index in [4.69, 9.17) is 0 Å². The quantitative estimate of drug-likeness (QED) is 0.598. The fourth-order valence-electron chi connectivity index (χ4n) is 1.87. The van der Waals surface area contributed by atoms with Crippen LogP contribution in [0.3, 0.4) is 0 Å². The molecule has 3 rings (SSSR count). The van der Waals surface area contributed by atoms with Crippen molar-refractivity contribution in [1.29, 1.82) is 0 Å². The van der Waals surface area contributed by atoms with Crippen molar-refractivity contribution in [3.8, 4) is 10.6 Å². The summed E-state index contributed by atoms with van der Waals surface area (Å²) < 4.78 is 3.30. The van der Waals surface area contributed by atoms with Gasteiger partial charge in [0.1, 0.15) is 12.1 Å². The topological polar surface area (TPSA) is 16.8 Å². The SMILES string of the molecule is Cc1ccc2nc(-c3ccc[n+](C)c3)sc2c1. The number of rotatable bonds is 1. The number of hydrogen-bond acceptors (Lipinski definition) is 2. The van der Waals surface area contributed by atoms with Crippen molar-refractivity contribution < 1.29 is 4.57 Å². The molecule has 0 amide bonds. The predicted octanol–water partition coefficient (Wildman–Crippen LogP) is 3.10. The second-order valence-corrected chi connectivity index (χ2v) is 5.28. The molecule has 17 heavy (non-hydrogen) atoms. The first kappa shape index (κ1) is 10.4. The molecule has 0 N–H and O–H groups in total. The van der Waals surface area contributed by atoms with Gasteiger partial charge in [0.25, 0.3) is 0 Å². The number of thiazole rings is 1. The summed E-state index contributed by atoms with van der Waals surface area (Å²) in [6.07, 6.45) is 4.13. The zero-order valence-corrected chi connectivity index (χ0v) is 10.7. The minimum absolute atomic E-state index is 1.09. The minimum atomic E-state index is 1.09. The molecule has 0 fully saturated rings. The Morgan fingerprint density at radius 1 is 1.24 bits per heavy atom. The van der Waals surface area contributed by atoms with Crippen molar-refractivity contribution in [3.05, 3.63) is 48.3 Å². The van der Waals surface area contributed by atoms with Crippen molar-refractivity contribution in [2.24, 2.45) is 7.05 Å². The highest BCUT2D eigenvalue weighted by Crippen LogP contribution is 2.29. The number of hydrogen-bond donors (Lipinski definition) is 0. The average Bonchev–Trinajstić information content (AvgIpc) is 2.72. The summed E-state index contributed by atoms with van der Waals surface area (Å²) >= 11 is 1.75. The van der Waals surface area contributed by atoms with Crippen LogP contribution in [0.2, 0.25) is 0 Å². The van der Waals surface area contributed by atoms with E-state index in [0.717, 1.165) is 10.5 Å². The molecule has 2 heterocycles. The van der Waals surface area contributed by atoms with Crippen LogP contribution in [-0.4, -0.2) is 4.98 Å². The molecule has 0 bridgehead atoms. The summed E-state index contributed by atoms with van der Waals surface area (Å²) in [6, 6.07) is 10.5. The molecule has 0 saturated carbocycles. The zero-order chi connectivity index (χ0) is 11.8. The molecule has 3 heteroatoms. The molecule has 3 aromatic rings. The normalized spacial score (nSPS) is 10.9. The first-order valence-corrected chi connectivity index (χ1v) is 6.37. The van der Waals surface area contributed by atoms with Crippen LogP contribution < -0.4 is 4.57 Å². The van der Waals surface area contributed by atoms with Gasteiger partial charge in [-0.1, -0.05) is 6.07 Å². The summed E-state index contributed by atoms with van der Waals surface area (Å²) in [5.41, 5.74) is 3.54. The maximum absolute atomic E-state index is 4.67. The Labute approximate surface area is 104 Å². The second-order valence-electron chi connectivity index (χ2n) is 4.25. The van der Waals surface area contributed by atoms with Crippen LogP contribution in [0, 0.1) is 6.92 Å². The summed E-state index contributed by atoms with van der Waals surface area (Å²) in [5.74, 6) is 0. The smallest absolute Gasteiger partial charge is 0.178 e. The van der Waals surface area contributed by atoms with Crippen molar-refractivity contribution in [3.63, 3.8) is 0 Å². The van der Waals surface area contributed by atoms with E-state index >= 15 is 0 Å². The van der Waals surface area contributed by atoms with Gasteiger partial charge in [0.15, 0.2) is 12.4 Å². The van der Waals surface area contributed by atoms with E-state index in [0.29, 0.717) is 0 Å². The molecule has 2 nitrogen and oxygen atoms in total. The number of nitrogens with zero attached hydrogens (tertiary/aromatic N) is 2. The van der Waals surface area contributed by atoms with Gasteiger partial charge in [-0.15, -0.1) is 11.3 Å². The van der Waals surface area contributed by atoms with Crippen molar-refractivity contribution >= 4 is 21.6 Å². The van der Waals surface area contributed by atoms with Gasteiger partial charge in [0.2, 0.25) is 0 Å². The molecule has 84 valence electrons. The van der Waals surface area contributed by atoms with Gasteiger partial charge in [-0.2, -0.15) is 0 Å². The lowest BCUT2D eigenvalue weighted by Crippen LogP contribution is -2.26. The average molecular weight is 241 g/mol. The van der Waals surface area contributed by atoms with E-state index in [1.54, 1.807) is 11.3 Å². The molecule has 0 aliphatic rings. The third kappa shape index (κ3) is 1.94. The molecular formula is C14H13N2S+. The van der Waals surface area contributed by atoms with Crippen LogP contribution in [0.15, 0.2) is 42.7 Å². The summed E-state index contributed by atoms with van der Waals surface area (Å²) in [4.78, 5) is 4.67. The van der Waals surface area contributed by atoms with Crippen molar-refractivity contribution in [2.75, 3.05) is 0 Å². The molecule has 2 aromatic heterocycles. The molecule has 1 aromatic carbocycles. The van der Waals surface area contributed by atoms with Gasteiger partial charge in [0.05, 0.1) is 15.8 Å². The molecule has 0 aliphatic carbocycles. The Bertz CT molecular complexity index is 686. The van der Waals surface area contributed by atoms with Crippen LogP contribution >= 0.6 is 11.3 Å². The van der Waals surface area contributed by atoms with Gasteiger partial charge in [-0.05, 0) is 30.7 Å². The van der Waals surface area contributed by atoms with Crippen LogP contribution in [0.4, 0.5) is 0 Å². The van der Waals surface area contributed by atoms with Crippen molar-refractivity contribution in [2.45, 2.75) is 6.92 Å². The Morgan fingerprint density at radius 2 is 2.12 bits per heavy atom. The second kappa shape index (κ2) is 3.93. The van der Waals surface area contributed by atoms with E-state index in [9.17, 15) is 0 Å². The molecule has 0 atom stereocenters. The van der Waals surface area contributed by atoms with Crippen molar-refractivity contribution in [1.82, 2.24) is 4.98 Å². The minimum Gasteiger partial charge on any atom is -0.236 e. The van der Waals surface area contributed by atoms with E-state index < -0.39 is 0 Å². The fraction of sp³-hybridized carbons (Fsp3) is 0.143. The summed E-state index contributed by atoms with van der Waals surface area (Å²) in [6.45, 7) is 2.11. The van der Waals surface area contributed by atoms with Crippen LogP contribution in [0.25, 0.3) is 20.8 Å². The van der Waals surface area contributed by atoms with Crippen LogP contribution in [0.1, 0.15) is 5.56 Å². The molecule has 0 saturated heterocycles. The number of pyridine rings is 1. The highest BCUT2D eigenvalue weighted by Gasteiger charge is 2.08. The first-order chi connectivity index (χ1) is 8.22. The standard InChI is InChI=1S/C14H13N2S/c1-10-5-6-12-13(8-10)17-14(15-12)11-4-3-7-16(2)9-11/h3-9H,1-2H3/q+1. The Kier molecular flexibility index (Phi) is 2.41. The van der Waals surface area contributed by atoms with E-state index in [1.807, 2.05) is 23.9 Å². The lowest BCUT2D eigenvalue weighted by Gasteiger charge is -1.92. The van der Waals surface area contributed by atoms with Gasteiger partial charge in [0, 0.05) is 6.07 Å². The van der Waals surface area contributed by atoms with Crippen LogP contribution in [-0.2, 0) is 7.05 Å². The molecule has 0 unspecified atom stereocenters. The first-order valence-electron chi connectivity index (χ1n) is 5.55. The largest absolute Gasteiger partial charge is 0.236 e. The van der Waals surface area contributed by atoms with Gasteiger partial charge in [-0.25, -0.2) is 9.55 Å². The van der Waals surface area contributed by atoms with E-state index in [-0.39, 0.29) is 0 Å². The number of aryl methyl sites for hydroxylation is 2. The lowest BCUT2D eigenvalue weighted by molar-refractivity contribution is -0.671. The van der Waals surface area contributed by atoms with Gasteiger partial charge in [-0.3, -0.25) is 0 Å². The number of fused-ring (bicyclic) bond motifs is 1.